The first-order valence-corrected chi connectivity index (χ1v) is 6.28. The summed E-state index contributed by atoms with van der Waals surface area (Å²) in [6.07, 6.45) is 0.571. The molecule has 0 spiro atoms. The molecule has 0 fully saturated rings. The lowest BCUT2D eigenvalue weighted by atomic mass is 10.1. The Labute approximate surface area is 120 Å². The van der Waals surface area contributed by atoms with Crippen LogP contribution in [0.4, 0.5) is 0 Å². The van der Waals surface area contributed by atoms with Crippen molar-refractivity contribution >= 4 is 5.91 Å². The smallest absolute Gasteiger partial charge is 0.251 e. The predicted molar refractivity (Wildman–Crippen MR) is 75.6 cm³/mol. The van der Waals surface area contributed by atoms with Crippen molar-refractivity contribution in [2.75, 3.05) is 6.54 Å². The number of phenolic OH excluding ortho intramolecular Hbond substituents is 4. The summed E-state index contributed by atoms with van der Waals surface area (Å²) >= 11 is 0. The average Bonchev–Trinajstić information content (AvgIpc) is 2.46. The molecule has 0 saturated carbocycles. The lowest BCUT2D eigenvalue weighted by Crippen LogP contribution is -2.25. The minimum Gasteiger partial charge on any atom is -0.508 e. The Balaban J connectivity index is 1.94. The third-order valence-corrected chi connectivity index (χ3v) is 2.97. The number of nitrogens with one attached hydrogen (secondary N) is 1. The molecule has 0 atom stereocenters. The highest BCUT2D eigenvalue weighted by atomic mass is 16.3. The van der Waals surface area contributed by atoms with Crippen LogP contribution in [-0.2, 0) is 6.42 Å². The zero-order valence-corrected chi connectivity index (χ0v) is 11.1. The van der Waals surface area contributed by atoms with Crippen molar-refractivity contribution in [1.82, 2.24) is 5.32 Å². The number of aromatic hydroxyl groups is 4. The number of carbonyl (C=O) groups is 1. The number of benzene rings is 2. The highest BCUT2D eigenvalue weighted by molar-refractivity contribution is 5.95. The van der Waals surface area contributed by atoms with Crippen LogP contribution in [-0.4, -0.2) is 32.9 Å². The van der Waals surface area contributed by atoms with Crippen molar-refractivity contribution in [3.63, 3.8) is 0 Å². The van der Waals surface area contributed by atoms with Gasteiger partial charge in [-0.05, 0) is 36.2 Å². The van der Waals surface area contributed by atoms with Crippen LogP contribution in [0.25, 0.3) is 0 Å². The van der Waals surface area contributed by atoms with Gasteiger partial charge in [-0.1, -0.05) is 12.1 Å². The summed E-state index contributed by atoms with van der Waals surface area (Å²) in [5, 5.41) is 39.7. The van der Waals surface area contributed by atoms with E-state index >= 15 is 0 Å². The van der Waals surface area contributed by atoms with Gasteiger partial charge in [0.2, 0.25) is 0 Å². The van der Waals surface area contributed by atoms with Crippen LogP contribution in [0.5, 0.6) is 23.0 Å². The molecule has 2 aromatic rings. The number of amides is 1. The summed E-state index contributed by atoms with van der Waals surface area (Å²) in [5.41, 5.74) is 0.998. The molecule has 6 nitrogen and oxygen atoms in total. The van der Waals surface area contributed by atoms with Crippen LogP contribution in [0.2, 0.25) is 0 Å². The van der Waals surface area contributed by atoms with Crippen molar-refractivity contribution in [2.45, 2.75) is 6.42 Å². The number of phenols is 4. The molecule has 21 heavy (non-hydrogen) atoms. The number of carbonyl (C=O) groups excluding carboxylic acids is 1. The maximum atomic E-state index is 11.8. The van der Waals surface area contributed by atoms with Gasteiger partial charge >= 0.3 is 0 Å². The summed E-state index contributed by atoms with van der Waals surface area (Å²) in [7, 11) is 0. The molecule has 1 amide bonds. The van der Waals surface area contributed by atoms with Gasteiger partial charge in [-0.15, -0.1) is 0 Å². The lowest BCUT2D eigenvalue weighted by molar-refractivity contribution is 0.0953. The summed E-state index contributed by atoms with van der Waals surface area (Å²) in [6, 6.07) is 8.77. The Morgan fingerprint density at radius 3 is 2.10 bits per heavy atom. The zero-order chi connectivity index (χ0) is 15.4. The third-order valence-electron chi connectivity index (χ3n) is 2.97. The second kappa shape index (κ2) is 6.04. The molecule has 6 heteroatoms. The monoisotopic (exact) mass is 289 g/mol. The molecule has 5 N–H and O–H groups in total. The van der Waals surface area contributed by atoms with E-state index in [0.717, 1.165) is 17.7 Å². The fraction of sp³-hybridized carbons (Fsp3) is 0.133. The maximum absolute atomic E-state index is 11.8. The standard InChI is InChI=1S/C15H15NO5/c17-11-3-1-9(2-4-11)5-6-16-15(21)10-7-12(18)14(20)13(19)8-10/h1-4,7-8,17-20H,5-6H2,(H,16,21). The van der Waals surface area contributed by atoms with Gasteiger partial charge in [0.1, 0.15) is 5.75 Å². The van der Waals surface area contributed by atoms with Crippen LogP contribution >= 0.6 is 0 Å². The van der Waals surface area contributed by atoms with Crippen LogP contribution < -0.4 is 5.32 Å². The van der Waals surface area contributed by atoms with E-state index in [-0.39, 0.29) is 11.3 Å². The van der Waals surface area contributed by atoms with Crippen molar-refractivity contribution in [2.24, 2.45) is 0 Å². The minimum absolute atomic E-state index is 0.0495. The van der Waals surface area contributed by atoms with E-state index in [2.05, 4.69) is 5.32 Å². The fourth-order valence-electron chi connectivity index (χ4n) is 1.82. The Bertz CT molecular complexity index is 629. The molecule has 0 aliphatic carbocycles. The van der Waals surface area contributed by atoms with Crippen molar-refractivity contribution in [1.29, 1.82) is 0 Å². The number of rotatable bonds is 4. The van der Waals surface area contributed by atoms with Gasteiger partial charge in [-0.3, -0.25) is 4.79 Å². The molecule has 0 heterocycles. The first-order valence-electron chi connectivity index (χ1n) is 6.28. The second-order valence-corrected chi connectivity index (χ2v) is 4.54. The minimum atomic E-state index is -0.657. The van der Waals surface area contributed by atoms with Crippen molar-refractivity contribution in [3.8, 4) is 23.0 Å². The summed E-state index contributed by atoms with van der Waals surface area (Å²) < 4.78 is 0. The Morgan fingerprint density at radius 2 is 1.52 bits per heavy atom. The average molecular weight is 289 g/mol. The number of hydrogen-bond acceptors (Lipinski definition) is 5. The molecular weight excluding hydrogens is 274 g/mol. The molecule has 0 unspecified atom stereocenters. The molecule has 0 aliphatic rings. The molecular formula is C15H15NO5. The van der Waals surface area contributed by atoms with E-state index < -0.39 is 23.2 Å². The summed E-state index contributed by atoms with van der Waals surface area (Å²) in [4.78, 5) is 11.8. The Morgan fingerprint density at radius 1 is 0.952 bits per heavy atom. The largest absolute Gasteiger partial charge is 0.508 e. The van der Waals surface area contributed by atoms with Gasteiger partial charge in [0, 0.05) is 12.1 Å². The Kier molecular flexibility index (Phi) is 4.18. The molecule has 110 valence electrons. The van der Waals surface area contributed by atoms with Crippen LogP contribution in [0.3, 0.4) is 0 Å². The van der Waals surface area contributed by atoms with E-state index in [9.17, 15) is 20.1 Å². The van der Waals surface area contributed by atoms with E-state index in [4.69, 9.17) is 5.11 Å². The van der Waals surface area contributed by atoms with Gasteiger partial charge < -0.3 is 25.7 Å². The molecule has 0 radical (unpaired) electrons. The van der Waals surface area contributed by atoms with Gasteiger partial charge in [0.15, 0.2) is 17.2 Å². The molecule has 0 aromatic heterocycles. The van der Waals surface area contributed by atoms with Crippen LogP contribution in [0.1, 0.15) is 15.9 Å². The fourth-order valence-corrected chi connectivity index (χ4v) is 1.82. The second-order valence-electron chi connectivity index (χ2n) is 4.54. The van der Waals surface area contributed by atoms with Gasteiger partial charge in [-0.25, -0.2) is 0 Å². The SMILES string of the molecule is O=C(NCCc1ccc(O)cc1)c1cc(O)c(O)c(O)c1. The first kappa shape index (κ1) is 14.5. The number of hydrogen-bond donors (Lipinski definition) is 5. The van der Waals surface area contributed by atoms with Crippen LogP contribution in [0, 0.1) is 0 Å². The van der Waals surface area contributed by atoms with Gasteiger partial charge in [0.05, 0.1) is 0 Å². The normalized spacial score (nSPS) is 10.3. The van der Waals surface area contributed by atoms with Gasteiger partial charge in [-0.2, -0.15) is 0 Å². The molecule has 2 rings (SSSR count). The van der Waals surface area contributed by atoms with Crippen molar-refractivity contribution < 1.29 is 25.2 Å². The van der Waals surface area contributed by atoms with E-state index in [1.165, 1.54) is 0 Å². The molecule has 0 saturated heterocycles. The highest BCUT2D eigenvalue weighted by Crippen LogP contribution is 2.35. The molecule has 2 aromatic carbocycles. The topological polar surface area (TPSA) is 110 Å². The summed E-state index contributed by atoms with van der Waals surface area (Å²) in [5.74, 6) is -2.06. The lowest BCUT2D eigenvalue weighted by Gasteiger charge is -2.07. The predicted octanol–water partition coefficient (Wildman–Crippen LogP) is 1.48. The first-order chi connectivity index (χ1) is 9.97. The van der Waals surface area contributed by atoms with E-state index in [0.29, 0.717) is 13.0 Å². The third kappa shape index (κ3) is 3.56. The van der Waals surface area contributed by atoms with E-state index in [1.54, 1.807) is 24.3 Å². The van der Waals surface area contributed by atoms with Gasteiger partial charge in [0.25, 0.3) is 5.91 Å². The quantitative estimate of drug-likeness (QED) is 0.548. The Hall–Kier alpha value is -2.89. The molecule has 0 aliphatic heterocycles. The highest BCUT2D eigenvalue weighted by Gasteiger charge is 2.13. The zero-order valence-electron chi connectivity index (χ0n) is 11.1. The van der Waals surface area contributed by atoms with Crippen LogP contribution in [0.15, 0.2) is 36.4 Å². The molecule has 0 bridgehead atoms. The maximum Gasteiger partial charge on any atom is 0.251 e. The van der Waals surface area contributed by atoms with Crippen molar-refractivity contribution in [3.05, 3.63) is 47.5 Å². The van der Waals surface area contributed by atoms with E-state index in [1.807, 2.05) is 0 Å². The summed E-state index contributed by atoms with van der Waals surface area (Å²) in [6.45, 7) is 0.353.